The molecule has 0 N–H and O–H groups in total. The van der Waals surface area contributed by atoms with Crippen LogP contribution in [0, 0.1) is 0 Å². The van der Waals surface area contributed by atoms with E-state index in [1.54, 1.807) is 0 Å². The van der Waals surface area contributed by atoms with E-state index in [0.29, 0.717) is 0 Å². The van der Waals surface area contributed by atoms with Crippen LogP contribution in [0.4, 0.5) is 13.2 Å². The molecule has 0 aliphatic heterocycles. The maximum Gasteiger partial charge on any atom is 0.418 e. The molecule has 1 aromatic rings. The second-order valence-electron chi connectivity index (χ2n) is 2.51. The lowest BCUT2D eigenvalue weighted by atomic mass is 10.3. The molecule has 0 aliphatic carbocycles. The van der Waals surface area contributed by atoms with Crippen LogP contribution < -0.4 is 4.74 Å². The van der Waals surface area contributed by atoms with Crippen LogP contribution in [0.15, 0.2) is 18.5 Å². The van der Waals surface area contributed by atoms with E-state index in [2.05, 4.69) is 56.2 Å². The van der Waals surface area contributed by atoms with Gasteiger partial charge in [-0.2, -0.15) is 13.2 Å². The number of hydrogen-bond acceptors (Lipinski definition) is 3. The molecule has 3 nitrogen and oxygen atoms in total. The summed E-state index contributed by atoms with van der Waals surface area (Å²) < 4.78 is 48.4. The molecule has 0 saturated heterocycles. The van der Waals surface area contributed by atoms with Gasteiger partial charge < -0.3 is 4.74 Å². The van der Waals surface area contributed by atoms with Gasteiger partial charge in [0.25, 0.3) is 3.25 Å². The number of nitrogens with zero attached hydrogens (tertiary/aromatic N) is 1. The minimum absolute atomic E-state index is 0.102. The summed E-state index contributed by atoms with van der Waals surface area (Å²) >= 11 is 8.29. The predicted octanol–water partition coefficient (Wildman–Crippen LogP) is 5.39. The van der Waals surface area contributed by atoms with Gasteiger partial charge in [0, 0.05) is 52.7 Å². The van der Waals surface area contributed by atoms with Gasteiger partial charge in [-0.15, -0.1) is 0 Å². The van der Waals surface area contributed by atoms with Gasteiger partial charge in [0.15, 0.2) is 0 Å². The lowest BCUT2D eigenvalue weighted by Gasteiger charge is -2.06. The summed E-state index contributed by atoms with van der Waals surface area (Å²) in [7, 11) is 1.29. The summed E-state index contributed by atoms with van der Waals surface area (Å²) in [5.74, 6) is 0.102. The van der Waals surface area contributed by atoms with Crippen molar-refractivity contribution in [2.24, 2.45) is 0 Å². The Hall–Kier alpha value is 0.410. The maximum absolute atomic E-state index is 12.0. The zero-order valence-electron chi connectivity index (χ0n) is 8.21. The van der Waals surface area contributed by atoms with Crippen LogP contribution in [0.1, 0.15) is 5.56 Å². The minimum Gasteiger partial charge on any atom is -0.495 e. The third-order valence-electron chi connectivity index (χ3n) is 1.28. The van der Waals surface area contributed by atoms with Crippen molar-refractivity contribution in [3.63, 3.8) is 0 Å². The Morgan fingerprint density at radius 3 is 2.12 bits per heavy atom. The number of ether oxygens (including phenoxy) is 1. The Morgan fingerprint density at radius 2 is 1.76 bits per heavy atom. The molecular weight excluding hydrogens is 458 g/mol. The van der Waals surface area contributed by atoms with Crippen molar-refractivity contribution in [2.45, 2.75) is 6.18 Å². The quantitative estimate of drug-likeness (QED) is 0.524. The molecule has 0 amide bonds. The van der Waals surface area contributed by atoms with Crippen molar-refractivity contribution in [1.29, 1.82) is 0 Å². The molecule has 98 valence electrons. The van der Waals surface area contributed by atoms with Crippen molar-refractivity contribution in [3.05, 3.63) is 24.0 Å². The van der Waals surface area contributed by atoms with Gasteiger partial charge in [0.2, 0.25) is 0 Å². The molecule has 0 spiro atoms. The molecule has 0 saturated carbocycles. The molecule has 1 rings (SSSR count). The highest BCUT2D eigenvalue weighted by Crippen LogP contribution is 2.68. The number of halogens is 6. The Labute approximate surface area is 120 Å². The monoisotopic (exact) mass is 461 g/mol. The molecule has 1 heterocycles. The number of alkyl halides is 3. The summed E-state index contributed by atoms with van der Waals surface area (Å²) in [5, 5.41) is 0. The third-order valence-corrected chi connectivity index (χ3v) is 1.28. The number of aromatic nitrogens is 1. The van der Waals surface area contributed by atoms with Crippen LogP contribution in [0.5, 0.6) is 5.75 Å². The average molecular weight is 464 g/mol. The fraction of sp³-hybridized carbons (Fsp3) is 0.286. The fourth-order valence-electron chi connectivity index (χ4n) is 0.685. The molecule has 1 aromatic heterocycles. The fourth-order valence-corrected chi connectivity index (χ4v) is 0.685. The van der Waals surface area contributed by atoms with E-state index >= 15 is 0 Å². The van der Waals surface area contributed by atoms with Crippen LogP contribution in [-0.2, 0) is 10.7 Å². The van der Waals surface area contributed by atoms with Crippen LogP contribution in [0.3, 0.4) is 0 Å². The second-order valence-corrected chi connectivity index (χ2v) is 20.9. The largest absolute Gasteiger partial charge is 0.495 e. The van der Waals surface area contributed by atoms with Gasteiger partial charge in [-0.05, 0) is 6.07 Å². The molecule has 10 heteroatoms. The van der Waals surface area contributed by atoms with E-state index in [9.17, 15) is 17.7 Å². The van der Waals surface area contributed by atoms with Crippen molar-refractivity contribution < 1.29 is 22.5 Å². The Bertz CT molecular complexity index is 401. The molecule has 0 atom stereocenters. The first-order chi connectivity index (χ1) is 7.54. The standard InChI is InChI=1S/C7H6F3NO.Br3OP/c1-12-6-2-5(3-11-4-6)7(8,9)10;1-5(2,3)4/h2-4H,1H3;. The van der Waals surface area contributed by atoms with Gasteiger partial charge in [0.1, 0.15) is 5.75 Å². The second kappa shape index (κ2) is 7.11. The van der Waals surface area contributed by atoms with Crippen LogP contribution in [0.25, 0.3) is 0 Å². The highest BCUT2D eigenvalue weighted by atomic mass is 80.0. The highest BCUT2D eigenvalue weighted by Gasteiger charge is 2.31. The van der Waals surface area contributed by atoms with Crippen LogP contribution in [-0.4, -0.2) is 12.1 Å². The Morgan fingerprint density at radius 1 is 1.29 bits per heavy atom. The lowest BCUT2D eigenvalue weighted by molar-refractivity contribution is -0.137. The topological polar surface area (TPSA) is 39.2 Å². The minimum atomic E-state index is -4.36. The zero-order chi connectivity index (χ0) is 13.7. The van der Waals surface area contributed by atoms with Gasteiger partial charge in [-0.25, -0.2) is 0 Å². The van der Waals surface area contributed by atoms with Gasteiger partial charge >= 0.3 is 6.18 Å². The van der Waals surface area contributed by atoms with Crippen molar-refractivity contribution >= 4 is 49.7 Å². The third kappa shape index (κ3) is 10.1. The van der Waals surface area contributed by atoms with Crippen molar-refractivity contribution in [3.8, 4) is 5.75 Å². The normalized spacial score (nSPS) is 11.5. The van der Waals surface area contributed by atoms with Crippen LogP contribution in [0.2, 0.25) is 0 Å². The summed E-state index contributed by atoms with van der Waals surface area (Å²) in [6.45, 7) is 0. The average Bonchev–Trinajstić information content (AvgIpc) is 2.14. The summed E-state index contributed by atoms with van der Waals surface area (Å²) in [6.07, 6.45) is -2.39. The lowest BCUT2D eigenvalue weighted by Crippen LogP contribution is -2.05. The summed E-state index contributed by atoms with van der Waals surface area (Å²) in [4.78, 5) is 3.38. The van der Waals surface area contributed by atoms with E-state index in [4.69, 9.17) is 0 Å². The Kier molecular flexibility index (Phi) is 7.28. The van der Waals surface area contributed by atoms with E-state index in [1.807, 2.05) is 0 Å². The van der Waals surface area contributed by atoms with Crippen LogP contribution >= 0.6 is 49.7 Å². The number of hydrogen-bond donors (Lipinski definition) is 0. The molecular formula is C7H6Br3F3NO2P. The first kappa shape index (κ1) is 17.4. The molecule has 0 bridgehead atoms. The molecule has 0 radical (unpaired) electrons. The zero-order valence-corrected chi connectivity index (χ0v) is 13.9. The smallest absolute Gasteiger partial charge is 0.418 e. The molecule has 0 unspecified atom stereocenters. The first-order valence-electron chi connectivity index (χ1n) is 3.79. The summed E-state index contributed by atoms with van der Waals surface area (Å²) in [5.41, 5.74) is -0.804. The SMILES string of the molecule is COc1cncc(C(F)(F)F)c1.O=P(Br)(Br)Br. The van der Waals surface area contributed by atoms with Gasteiger partial charge in [0.05, 0.1) is 18.9 Å². The highest BCUT2D eigenvalue weighted by molar-refractivity contribution is 9.94. The van der Waals surface area contributed by atoms with Crippen molar-refractivity contribution in [1.82, 2.24) is 4.98 Å². The van der Waals surface area contributed by atoms with E-state index in [1.165, 1.54) is 13.3 Å². The number of rotatable bonds is 1. The number of methoxy groups -OCH3 is 1. The Balaban J connectivity index is 0.000000437. The first-order valence-corrected chi connectivity index (χ1v) is 11.6. The molecule has 0 aliphatic rings. The maximum atomic E-state index is 12.0. The predicted molar refractivity (Wildman–Crippen MR) is 70.2 cm³/mol. The summed E-state index contributed by atoms with van der Waals surface area (Å²) in [6, 6.07) is 0.896. The molecule has 0 aromatic carbocycles. The van der Waals surface area contributed by atoms with Gasteiger partial charge in [-0.1, -0.05) is 0 Å². The van der Waals surface area contributed by atoms with Gasteiger partial charge in [-0.3, -0.25) is 9.55 Å². The molecule has 0 fully saturated rings. The van der Waals surface area contributed by atoms with E-state index in [0.717, 1.165) is 12.3 Å². The van der Waals surface area contributed by atoms with E-state index < -0.39 is 15.0 Å². The van der Waals surface area contributed by atoms with E-state index in [-0.39, 0.29) is 5.75 Å². The number of pyridine rings is 1. The van der Waals surface area contributed by atoms with Crippen molar-refractivity contribution in [2.75, 3.05) is 7.11 Å². The molecule has 17 heavy (non-hydrogen) atoms.